The van der Waals surface area contributed by atoms with Gasteiger partial charge in [0.1, 0.15) is 6.54 Å². The molecule has 0 radical (unpaired) electrons. The number of nitrogens with two attached hydrogens (primary N) is 1. The van der Waals surface area contributed by atoms with Crippen LogP contribution in [-0.4, -0.2) is 55.2 Å². The van der Waals surface area contributed by atoms with Gasteiger partial charge in [-0.1, -0.05) is 58.3 Å². The Morgan fingerprint density at radius 2 is 1.36 bits per heavy atom. The molecule has 0 bridgehead atoms. The van der Waals surface area contributed by atoms with Crippen molar-refractivity contribution in [2.24, 2.45) is 5.73 Å². The molecule has 0 heterocycles. The number of Topliss-reactive ketones (excluding diaryl/α,β-unsaturated/α-hetero) is 1. The molecule has 0 aromatic heterocycles. The Morgan fingerprint density at radius 3 is 1.79 bits per heavy atom. The number of ketones is 1. The Labute approximate surface area is 172 Å². The highest BCUT2D eigenvalue weighted by molar-refractivity contribution is 5.82. The van der Waals surface area contributed by atoms with Crippen molar-refractivity contribution in [2.45, 2.75) is 83.7 Å². The number of quaternary nitrogens is 1. The number of carbonyl (C=O) groups excluding carboxylic acids is 1. The molecule has 0 aromatic carbocycles. The van der Waals surface area contributed by atoms with Crippen LogP contribution in [0, 0.1) is 10.2 Å². The lowest BCUT2D eigenvalue weighted by Gasteiger charge is -2.31. The molecule has 0 aliphatic heterocycles. The van der Waals surface area contributed by atoms with E-state index in [1.54, 1.807) is 0 Å². The molecule has 9 heteroatoms. The second kappa shape index (κ2) is 17.5. The second-order valence-electron chi connectivity index (χ2n) is 7.92. The predicted molar refractivity (Wildman–Crippen MR) is 98.4 cm³/mol. The lowest BCUT2D eigenvalue weighted by molar-refractivity contribution is -2.00. The molecule has 3 N–H and O–H groups in total. The van der Waals surface area contributed by atoms with Crippen LogP contribution < -0.4 is 24.4 Å². The van der Waals surface area contributed by atoms with E-state index in [4.69, 9.17) is 24.4 Å². The largest absolute Gasteiger partial charge is 0.380 e. The first-order valence-corrected chi connectivity index (χ1v) is 11.5. The van der Waals surface area contributed by atoms with Gasteiger partial charge in [0.25, 0.3) is 0 Å². The van der Waals surface area contributed by atoms with Gasteiger partial charge < -0.3 is 15.3 Å². The lowest BCUT2D eigenvalue weighted by Crippen LogP contribution is -2.68. The maximum absolute atomic E-state index is 12.0. The van der Waals surface area contributed by atoms with Gasteiger partial charge in [-0.15, -0.1) is 10.2 Å². The Kier molecular flexibility index (Phi) is 18.7. The van der Waals surface area contributed by atoms with Crippen molar-refractivity contribution in [3.8, 4) is 0 Å². The molecule has 1 atom stereocenters. The van der Waals surface area contributed by atoms with Gasteiger partial charge in [-0.05, 0) is 13.0 Å². The fourth-order valence-corrected chi connectivity index (χ4v) is 2.96. The summed E-state index contributed by atoms with van der Waals surface area (Å²) in [4.78, 5) is 12.0. The number of carbonyl (C=O) groups is 1. The third-order valence-electron chi connectivity index (χ3n) is 4.53. The van der Waals surface area contributed by atoms with Crippen molar-refractivity contribution < 1.29 is 43.3 Å². The summed E-state index contributed by atoms with van der Waals surface area (Å²) in [7, 11) is -0.852. The van der Waals surface area contributed by atoms with E-state index >= 15 is 0 Å². The number of halogens is 1. The Bertz CT molecular complexity index is 372. The highest BCUT2D eigenvalue weighted by Gasteiger charge is 2.24. The number of nitrogens with zero attached hydrogens (tertiary/aromatic N) is 1. The first kappa shape index (κ1) is 29.9. The van der Waals surface area contributed by atoms with Crippen LogP contribution in [0.25, 0.3) is 0 Å². The fourth-order valence-electron chi connectivity index (χ4n) is 2.96. The summed E-state index contributed by atoms with van der Waals surface area (Å²) in [5.74, 6) is 0.00638. The fraction of sp³-hybridized carbons (Fsp3) is 0.947. The van der Waals surface area contributed by atoms with Crippen molar-refractivity contribution in [3.63, 3.8) is 0 Å². The molecule has 0 aromatic rings. The van der Waals surface area contributed by atoms with Crippen molar-refractivity contribution in [3.05, 3.63) is 0 Å². The van der Waals surface area contributed by atoms with Crippen molar-refractivity contribution in [2.75, 3.05) is 33.7 Å². The number of aliphatic hydroxyl groups excluding tert-OH is 1. The molecule has 0 saturated heterocycles. The van der Waals surface area contributed by atoms with Crippen LogP contribution in [-0.2, 0) is 4.79 Å². The number of hydrogen-bond acceptors (Lipinski definition) is 7. The van der Waals surface area contributed by atoms with Crippen molar-refractivity contribution in [1.82, 2.24) is 0 Å². The zero-order valence-corrected chi connectivity index (χ0v) is 18.6. The molecule has 0 rings (SSSR count). The molecule has 0 fully saturated rings. The SMILES string of the molecule is CCCCCCCCCCCC(=O)C(O)C[N+](C)(C)CCCN.[O-][Cl+3]([O-])([O-])[O-]. The number of rotatable bonds is 16. The van der Waals surface area contributed by atoms with Crippen LogP contribution in [0.4, 0.5) is 0 Å². The summed E-state index contributed by atoms with van der Waals surface area (Å²) in [5, 5.41) is 10.1. The summed E-state index contributed by atoms with van der Waals surface area (Å²) in [6.45, 7) is 4.29. The maximum atomic E-state index is 12.0. The number of hydrogen-bond donors (Lipinski definition) is 2. The normalized spacial score (nSPS) is 13.0. The van der Waals surface area contributed by atoms with Crippen LogP contribution in [0.15, 0.2) is 0 Å². The first-order valence-electron chi connectivity index (χ1n) is 10.3. The zero-order valence-electron chi connectivity index (χ0n) is 17.9. The minimum Gasteiger partial charge on any atom is -0.380 e. The van der Waals surface area contributed by atoms with Crippen LogP contribution >= 0.6 is 0 Å². The molecule has 0 amide bonds. The topological polar surface area (TPSA) is 156 Å². The Hall–Kier alpha value is -0.320. The van der Waals surface area contributed by atoms with Crippen LogP contribution in [0.5, 0.6) is 0 Å². The quantitative estimate of drug-likeness (QED) is 0.224. The van der Waals surface area contributed by atoms with Gasteiger partial charge in [0.05, 0.1) is 20.6 Å². The smallest absolute Gasteiger partial charge is 0.167 e. The van der Waals surface area contributed by atoms with Crippen molar-refractivity contribution in [1.29, 1.82) is 0 Å². The van der Waals surface area contributed by atoms with Gasteiger partial charge in [0.2, 0.25) is 0 Å². The van der Waals surface area contributed by atoms with Gasteiger partial charge in [0.15, 0.2) is 11.9 Å². The van der Waals surface area contributed by atoms with Crippen LogP contribution in [0.2, 0.25) is 0 Å². The van der Waals surface area contributed by atoms with Crippen molar-refractivity contribution >= 4 is 5.78 Å². The number of aliphatic hydroxyl groups is 1. The average molecular weight is 429 g/mol. The molecule has 0 aliphatic carbocycles. The van der Waals surface area contributed by atoms with E-state index < -0.39 is 16.3 Å². The van der Waals surface area contributed by atoms with Crippen LogP contribution in [0.1, 0.15) is 77.6 Å². The third kappa shape index (κ3) is 25.7. The molecule has 0 spiro atoms. The monoisotopic (exact) mass is 428 g/mol. The van der Waals surface area contributed by atoms with E-state index in [1.165, 1.54) is 44.9 Å². The van der Waals surface area contributed by atoms with Crippen LogP contribution in [0.3, 0.4) is 0 Å². The maximum Gasteiger partial charge on any atom is 0.167 e. The summed E-state index contributed by atoms with van der Waals surface area (Å²) in [6, 6.07) is 0. The molecular formula is C19H41ClN2O6. The van der Waals surface area contributed by atoms with E-state index in [-0.39, 0.29) is 5.78 Å². The zero-order chi connectivity index (χ0) is 22.1. The minimum absolute atomic E-state index is 0.00638. The lowest BCUT2D eigenvalue weighted by atomic mass is 10.0. The second-order valence-corrected chi connectivity index (χ2v) is 8.68. The summed E-state index contributed by atoms with van der Waals surface area (Å²) >= 11 is 0. The van der Waals surface area contributed by atoms with Gasteiger partial charge in [0, 0.05) is 12.8 Å². The molecule has 28 heavy (non-hydrogen) atoms. The van der Waals surface area contributed by atoms with E-state index in [1.807, 2.05) is 14.1 Å². The molecule has 0 saturated carbocycles. The van der Waals surface area contributed by atoms with Gasteiger partial charge in [-0.25, -0.2) is 18.6 Å². The van der Waals surface area contributed by atoms with E-state index in [9.17, 15) is 9.90 Å². The Morgan fingerprint density at radius 1 is 0.929 bits per heavy atom. The average Bonchev–Trinajstić information content (AvgIpc) is 2.56. The molecule has 8 nitrogen and oxygen atoms in total. The van der Waals surface area contributed by atoms with E-state index in [0.717, 1.165) is 25.8 Å². The molecule has 1 unspecified atom stereocenters. The predicted octanol–water partition coefficient (Wildman–Crippen LogP) is -1.49. The summed E-state index contributed by atoms with van der Waals surface area (Å²) < 4.78 is 34.6. The number of unbranched alkanes of at least 4 members (excludes halogenated alkanes) is 8. The first-order chi connectivity index (χ1) is 12.9. The van der Waals surface area contributed by atoms with Gasteiger partial charge in [-0.3, -0.25) is 4.79 Å². The van der Waals surface area contributed by atoms with Gasteiger partial charge in [-0.2, -0.15) is 0 Å². The van der Waals surface area contributed by atoms with E-state index in [2.05, 4.69) is 6.92 Å². The molecule has 0 aliphatic rings. The highest BCUT2D eigenvalue weighted by atomic mass is 35.7. The standard InChI is InChI=1S/C19H41N2O2.ClHO4/c1-4-5-6-7-8-9-10-11-12-14-18(22)19(23)17-21(2,3)16-13-15-20;2-1(3,4)5/h19,23H,4-17,20H2,1-3H3;(H,2,3,4,5)/q+1;/p-1. The Balaban J connectivity index is 0. The number of likely N-dealkylation sites (N-methyl/N-ethyl adjacent to an activating group) is 1. The summed E-state index contributed by atoms with van der Waals surface area (Å²) in [5.41, 5.74) is 5.53. The highest BCUT2D eigenvalue weighted by Crippen LogP contribution is 2.12. The van der Waals surface area contributed by atoms with E-state index in [0.29, 0.717) is 24.0 Å². The van der Waals surface area contributed by atoms with Gasteiger partial charge >= 0.3 is 0 Å². The third-order valence-corrected chi connectivity index (χ3v) is 4.53. The molecular weight excluding hydrogens is 388 g/mol. The molecule has 170 valence electrons. The summed E-state index contributed by atoms with van der Waals surface area (Å²) in [6.07, 6.45) is 11.8. The minimum atomic E-state index is -4.94.